The molecule has 11 heteroatoms. The van der Waals surface area contributed by atoms with Gasteiger partial charge in [-0.05, 0) is 97.2 Å². The first-order chi connectivity index (χ1) is 22.9. The van der Waals surface area contributed by atoms with Gasteiger partial charge in [-0.3, -0.25) is 4.79 Å². The molecule has 0 spiro atoms. The Morgan fingerprint density at radius 2 is 1.59 bits per heavy atom. The number of hydrogen-bond acceptors (Lipinski definition) is 11. The summed E-state index contributed by atoms with van der Waals surface area (Å²) in [6.07, 6.45) is -1.56. The maximum Gasteiger partial charge on any atom is 0.337 e. The van der Waals surface area contributed by atoms with Crippen LogP contribution in [0.3, 0.4) is 0 Å². The summed E-state index contributed by atoms with van der Waals surface area (Å²) in [4.78, 5) is 25.9. The number of allylic oxidation sites excluding steroid dienone is 2. The van der Waals surface area contributed by atoms with Crippen LogP contribution in [0.4, 0.5) is 0 Å². The second-order valence-corrected chi connectivity index (χ2v) is 17.7. The summed E-state index contributed by atoms with van der Waals surface area (Å²) in [7, 11) is 2.65. The molecular weight excluding hydrogens is 632 g/mol. The first-order valence-corrected chi connectivity index (χ1v) is 18.4. The van der Waals surface area contributed by atoms with Crippen molar-refractivity contribution in [3.8, 4) is 0 Å². The Morgan fingerprint density at radius 3 is 2.22 bits per heavy atom. The van der Waals surface area contributed by atoms with Crippen LogP contribution in [-0.2, 0) is 28.5 Å². The second kappa shape index (κ2) is 12.5. The zero-order valence-corrected chi connectivity index (χ0v) is 30.6. The van der Waals surface area contributed by atoms with Crippen LogP contribution in [0.25, 0.3) is 0 Å². The minimum Gasteiger partial charge on any atom is -0.469 e. The Hall–Kier alpha value is -1.60. The highest BCUT2D eigenvalue weighted by atomic mass is 16.7. The lowest BCUT2D eigenvalue weighted by molar-refractivity contribution is -0.340. The maximum atomic E-state index is 13.6. The van der Waals surface area contributed by atoms with E-state index >= 15 is 0 Å². The van der Waals surface area contributed by atoms with E-state index in [0.717, 1.165) is 52.1 Å². The van der Waals surface area contributed by atoms with E-state index in [-0.39, 0.29) is 41.2 Å². The van der Waals surface area contributed by atoms with E-state index in [1.54, 1.807) is 0 Å². The minimum absolute atomic E-state index is 0.0747. The third kappa shape index (κ3) is 4.99. The number of carbonyl (C=O) groups is 2. The van der Waals surface area contributed by atoms with Crippen LogP contribution in [0.15, 0.2) is 11.6 Å². The molecule has 0 bridgehead atoms. The molecule has 0 aromatic heterocycles. The van der Waals surface area contributed by atoms with E-state index in [1.165, 1.54) is 12.7 Å². The Bertz CT molecular complexity index is 1340. The molecule has 5 fully saturated rings. The zero-order valence-electron chi connectivity index (χ0n) is 30.6. The molecule has 0 aromatic rings. The summed E-state index contributed by atoms with van der Waals surface area (Å²) in [5.41, 5.74) is -0.747. The van der Waals surface area contributed by atoms with Crippen LogP contribution in [0.5, 0.6) is 0 Å². The van der Waals surface area contributed by atoms with Gasteiger partial charge in [0.2, 0.25) is 0 Å². The molecule has 5 aliphatic carbocycles. The number of ether oxygens (including phenoxy) is 4. The van der Waals surface area contributed by atoms with Crippen molar-refractivity contribution in [1.82, 2.24) is 0 Å². The van der Waals surface area contributed by atoms with E-state index in [9.17, 15) is 35.1 Å². The molecule has 1 heterocycles. The van der Waals surface area contributed by atoms with Crippen molar-refractivity contribution < 1.29 is 54.1 Å². The number of methoxy groups -OCH3 is 2. The van der Waals surface area contributed by atoms with Gasteiger partial charge in [0, 0.05) is 5.41 Å². The van der Waals surface area contributed by atoms with Gasteiger partial charge in [0.25, 0.3) is 0 Å². The molecule has 1 saturated heterocycles. The summed E-state index contributed by atoms with van der Waals surface area (Å²) in [6, 6.07) is 0. The van der Waals surface area contributed by atoms with Gasteiger partial charge >= 0.3 is 11.9 Å². The lowest BCUT2D eigenvalue weighted by Gasteiger charge is -2.72. The van der Waals surface area contributed by atoms with Gasteiger partial charge in [-0.25, -0.2) is 4.79 Å². The number of carbonyl (C=O) groups excluding carboxylic acids is 2. The first kappa shape index (κ1) is 37.2. The zero-order chi connectivity index (χ0) is 36.1. The highest BCUT2D eigenvalue weighted by molar-refractivity contribution is 5.78. The predicted octanol–water partition coefficient (Wildman–Crippen LogP) is 3.13. The molecule has 278 valence electrons. The fourth-order valence-electron chi connectivity index (χ4n) is 12.8. The van der Waals surface area contributed by atoms with Gasteiger partial charge in [-0.1, -0.05) is 53.2 Å². The quantitative estimate of drug-likeness (QED) is 0.163. The molecule has 17 atom stereocenters. The van der Waals surface area contributed by atoms with E-state index < -0.39 is 65.1 Å². The van der Waals surface area contributed by atoms with Crippen LogP contribution in [-0.4, -0.2) is 101 Å². The monoisotopic (exact) mass is 692 g/mol. The third-order valence-corrected chi connectivity index (χ3v) is 15.9. The first-order valence-electron chi connectivity index (χ1n) is 18.4. The molecule has 0 aromatic carbocycles. The molecule has 4 saturated carbocycles. The predicted molar refractivity (Wildman–Crippen MR) is 177 cm³/mol. The molecule has 0 unspecified atom stereocenters. The number of esters is 2. The van der Waals surface area contributed by atoms with Crippen LogP contribution in [0.2, 0.25) is 0 Å². The van der Waals surface area contributed by atoms with Gasteiger partial charge in [0.15, 0.2) is 12.4 Å². The molecule has 0 amide bonds. The molecule has 49 heavy (non-hydrogen) atoms. The normalized spacial score (nSPS) is 53.9. The van der Waals surface area contributed by atoms with Crippen LogP contribution in [0.1, 0.15) is 92.9 Å². The van der Waals surface area contributed by atoms with Crippen molar-refractivity contribution in [1.29, 1.82) is 0 Å². The van der Waals surface area contributed by atoms with Gasteiger partial charge in [-0.15, -0.1) is 0 Å². The Kier molecular flexibility index (Phi) is 9.50. The number of aliphatic hydroxyl groups is 5. The van der Waals surface area contributed by atoms with Crippen molar-refractivity contribution in [2.75, 3.05) is 20.8 Å². The SMILES string of the molecule is COC(=O)[C@H]1O[C@@H](O[C@H]2[C@H](O)C[C@@]3(C)[C@@H](CC[C@]4(C)[C@@H]3CC=C3[C@@H]5[C@@H](C)[C@H](C)CC[C@]5(C(=O)OC)CC[C@]34C)[C@]2(C)CO)[C@H](O)[C@@H](O)[C@@H]1O. The molecule has 0 radical (unpaired) electrons. The van der Waals surface area contributed by atoms with Crippen molar-refractivity contribution in [3.63, 3.8) is 0 Å². The lowest BCUT2D eigenvalue weighted by atomic mass is 9.33. The smallest absolute Gasteiger partial charge is 0.337 e. The van der Waals surface area contributed by atoms with Crippen molar-refractivity contribution in [2.45, 2.75) is 136 Å². The maximum absolute atomic E-state index is 13.6. The molecule has 6 rings (SSSR count). The lowest BCUT2D eigenvalue weighted by Crippen LogP contribution is -2.69. The topological polar surface area (TPSA) is 172 Å². The largest absolute Gasteiger partial charge is 0.469 e. The van der Waals surface area contributed by atoms with E-state index in [0.29, 0.717) is 18.3 Å². The Morgan fingerprint density at radius 1 is 0.898 bits per heavy atom. The van der Waals surface area contributed by atoms with Crippen molar-refractivity contribution in [3.05, 3.63) is 11.6 Å². The van der Waals surface area contributed by atoms with Crippen molar-refractivity contribution in [2.24, 2.45) is 56.7 Å². The molecule has 1 aliphatic heterocycles. The van der Waals surface area contributed by atoms with Crippen LogP contribution in [0, 0.1) is 56.7 Å². The van der Waals surface area contributed by atoms with Gasteiger partial charge in [-0.2, -0.15) is 0 Å². The molecule has 6 aliphatic rings. The summed E-state index contributed by atoms with van der Waals surface area (Å²) in [6.45, 7) is 13.3. The van der Waals surface area contributed by atoms with Crippen LogP contribution < -0.4 is 0 Å². The van der Waals surface area contributed by atoms with E-state index in [1.807, 2.05) is 6.92 Å². The molecular formula is C38H60O11. The summed E-state index contributed by atoms with van der Waals surface area (Å²) < 4.78 is 22.2. The Balaban J connectivity index is 1.34. The van der Waals surface area contributed by atoms with Crippen LogP contribution >= 0.6 is 0 Å². The van der Waals surface area contributed by atoms with Gasteiger partial charge < -0.3 is 44.5 Å². The van der Waals surface area contributed by atoms with Gasteiger partial charge in [0.05, 0.1) is 38.4 Å². The fraction of sp³-hybridized carbons (Fsp3) is 0.895. The summed E-state index contributed by atoms with van der Waals surface area (Å²) >= 11 is 0. The highest BCUT2D eigenvalue weighted by Crippen LogP contribution is 2.76. The number of hydrogen-bond donors (Lipinski definition) is 5. The third-order valence-electron chi connectivity index (χ3n) is 15.9. The van der Waals surface area contributed by atoms with Crippen molar-refractivity contribution >= 4 is 11.9 Å². The second-order valence-electron chi connectivity index (χ2n) is 17.7. The number of aliphatic hydroxyl groups excluding tert-OH is 5. The number of rotatable bonds is 5. The number of fused-ring (bicyclic) bond motifs is 7. The van der Waals surface area contributed by atoms with Gasteiger partial charge in [0.1, 0.15) is 18.3 Å². The minimum atomic E-state index is -1.75. The average molecular weight is 693 g/mol. The average Bonchev–Trinajstić information content (AvgIpc) is 3.07. The Labute approximate surface area is 290 Å². The standard InChI is InChI=1S/C38H60O11/c1-19-11-14-38(33(45)47-8)16-15-36(5)21(25(38)20(19)2)9-10-24-34(3)17-22(40)30(35(4,18-39)23(34)12-13-37(24,36)6)49-32-28(43)26(41)27(42)29(48-32)31(44)46-7/h9,19-20,22-30,32,39-43H,10-18H2,1-8H3/t19-,20+,22-,23-,24-,25+,26+,27+,28-,29+,30+,32+,34+,35+,36-,37-,38+/m1/s1. The summed E-state index contributed by atoms with van der Waals surface area (Å²) in [5, 5.41) is 54.9. The highest BCUT2D eigenvalue weighted by Gasteiger charge is 2.71. The summed E-state index contributed by atoms with van der Waals surface area (Å²) in [5.74, 6) is 0.0551. The molecule has 5 N–H and O–H groups in total. The van der Waals surface area contributed by atoms with E-state index in [4.69, 9.17) is 18.9 Å². The van der Waals surface area contributed by atoms with E-state index in [2.05, 4.69) is 40.7 Å². The fourth-order valence-corrected chi connectivity index (χ4v) is 12.8. The molecule has 11 nitrogen and oxygen atoms in total.